The van der Waals surface area contributed by atoms with Crippen LogP contribution in [0.5, 0.6) is 0 Å². The summed E-state index contributed by atoms with van der Waals surface area (Å²) in [5.74, 6) is -1.69. The van der Waals surface area contributed by atoms with E-state index in [1.165, 1.54) is 12.0 Å². The number of amides is 1. The van der Waals surface area contributed by atoms with Crippen molar-refractivity contribution in [3.63, 3.8) is 0 Å². The highest BCUT2D eigenvalue weighted by Gasteiger charge is 2.29. The maximum absolute atomic E-state index is 14.8. The van der Waals surface area contributed by atoms with Crippen molar-refractivity contribution in [2.24, 2.45) is 4.40 Å². The van der Waals surface area contributed by atoms with E-state index >= 15 is 0 Å². The third kappa shape index (κ3) is 5.68. The third-order valence-electron chi connectivity index (χ3n) is 5.54. The smallest absolute Gasteiger partial charge is 0.409 e. The van der Waals surface area contributed by atoms with Crippen molar-refractivity contribution < 1.29 is 31.5 Å². The molecule has 0 spiro atoms. The first-order valence-electron chi connectivity index (χ1n) is 10.8. The second-order valence-corrected chi connectivity index (χ2v) is 9.99. The number of rotatable bonds is 5. The fraction of sp³-hybridized carbons (Fsp3) is 0.409. The van der Waals surface area contributed by atoms with E-state index in [2.05, 4.69) is 14.7 Å². The Morgan fingerprint density at radius 2 is 2.17 bits per heavy atom. The number of anilines is 1. The molecule has 1 aliphatic carbocycles. The van der Waals surface area contributed by atoms with Crippen LogP contribution in [-0.2, 0) is 25.9 Å². The number of hydrogen-bond acceptors (Lipinski definition) is 7. The van der Waals surface area contributed by atoms with Gasteiger partial charge in [-0.1, -0.05) is 0 Å². The van der Waals surface area contributed by atoms with E-state index in [1.807, 2.05) is 19.1 Å². The first kappa shape index (κ1) is 24.8. The molecule has 2 aliphatic rings. The lowest BCUT2D eigenvalue weighted by Gasteiger charge is -2.32. The first-order valence-corrected chi connectivity index (χ1v) is 12.6. The van der Waals surface area contributed by atoms with Gasteiger partial charge in [-0.2, -0.15) is 4.40 Å². The molecule has 0 unspecified atom stereocenters. The molecule has 2 aromatic rings. The first-order chi connectivity index (χ1) is 16.5. The van der Waals surface area contributed by atoms with Crippen LogP contribution < -0.4 is 5.32 Å². The molecular formula is C22H25F2N5O5S. The zero-order valence-electron chi connectivity index (χ0n) is 19.4. The molecule has 35 heavy (non-hydrogen) atoms. The molecule has 0 bridgehead atoms. The number of hydrogen-bond donors (Lipinski definition) is 1. The molecule has 188 valence electrons. The van der Waals surface area contributed by atoms with Gasteiger partial charge in [0, 0.05) is 25.6 Å². The summed E-state index contributed by atoms with van der Waals surface area (Å²) >= 11 is 0. The molecule has 1 fully saturated rings. The van der Waals surface area contributed by atoms with Crippen LogP contribution in [0.1, 0.15) is 17.7 Å². The molecule has 2 aromatic heterocycles. The number of nitrogens with one attached hydrogen (secondary N) is 1. The van der Waals surface area contributed by atoms with Crippen LogP contribution in [0, 0.1) is 6.92 Å². The van der Waals surface area contributed by atoms with E-state index in [1.54, 1.807) is 10.6 Å². The lowest BCUT2D eigenvalue weighted by atomic mass is 10.1. The van der Waals surface area contributed by atoms with Gasteiger partial charge in [-0.15, -0.1) is 0 Å². The average molecular weight is 510 g/mol. The molecule has 4 rings (SSSR count). The Morgan fingerprint density at radius 1 is 1.40 bits per heavy atom. The van der Waals surface area contributed by atoms with Gasteiger partial charge in [0.25, 0.3) is 0 Å². The maximum Gasteiger partial charge on any atom is 0.409 e. The molecule has 0 aromatic carbocycles. The Bertz CT molecular complexity index is 1370. The van der Waals surface area contributed by atoms with Gasteiger partial charge in [0.1, 0.15) is 17.2 Å². The number of nitrogens with zero attached hydrogens (tertiary/aromatic N) is 4. The van der Waals surface area contributed by atoms with Crippen molar-refractivity contribution >= 4 is 33.3 Å². The predicted molar refractivity (Wildman–Crippen MR) is 125 cm³/mol. The molecule has 0 radical (unpaired) electrons. The van der Waals surface area contributed by atoms with Gasteiger partial charge in [-0.05, 0) is 30.7 Å². The number of fused-ring (bicyclic) bond motifs is 1. The topological polar surface area (TPSA) is 115 Å². The summed E-state index contributed by atoms with van der Waals surface area (Å²) in [6.45, 7) is 2.89. The predicted octanol–water partition coefficient (Wildman–Crippen LogP) is 2.90. The maximum atomic E-state index is 14.8. The molecule has 1 N–H and O–H groups in total. The Labute approximate surface area is 201 Å². The van der Waals surface area contributed by atoms with Gasteiger partial charge in [-0.3, -0.25) is 0 Å². The Balaban J connectivity index is 1.66. The van der Waals surface area contributed by atoms with Crippen molar-refractivity contribution in [3.05, 3.63) is 53.0 Å². The van der Waals surface area contributed by atoms with Gasteiger partial charge >= 0.3 is 6.09 Å². The normalized spacial score (nSPS) is 20.4. The largest absolute Gasteiger partial charge is 0.453 e. The van der Waals surface area contributed by atoms with Crippen molar-refractivity contribution in [1.29, 1.82) is 0 Å². The number of halogens is 2. The monoisotopic (exact) mass is 509 g/mol. The van der Waals surface area contributed by atoms with Crippen LogP contribution in [0.25, 0.3) is 5.65 Å². The average Bonchev–Trinajstić information content (AvgIpc) is 3.10. The number of aromatic nitrogens is 2. The quantitative estimate of drug-likeness (QED) is 0.659. The fourth-order valence-electron chi connectivity index (χ4n) is 4.01. The second kappa shape index (κ2) is 9.74. The fourth-order valence-corrected chi connectivity index (χ4v) is 4.55. The molecule has 1 aliphatic heterocycles. The van der Waals surface area contributed by atoms with E-state index < -0.39 is 46.0 Å². The van der Waals surface area contributed by atoms with Crippen molar-refractivity contribution in [2.75, 3.05) is 38.4 Å². The summed E-state index contributed by atoms with van der Waals surface area (Å²) in [6.07, 6.45) is 2.48. The van der Waals surface area contributed by atoms with Gasteiger partial charge in [-0.25, -0.2) is 27.0 Å². The summed E-state index contributed by atoms with van der Waals surface area (Å²) in [6, 6.07) is 3.70. The molecule has 1 atom stereocenters. The zero-order valence-corrected chi connectivity index (χ0v) is 20.2. The van der Waals surface area contributed by atoms with Crippen molar-refractivity contribution in [2.45, 2.75) is 25.9 Å². The SMILES string of the molecule is COC(=O)N1CCO[C@@H](Cc2c(NC3=C(F)CC(=NS(C)(=O)=O)C=C3F)nc3cc(C)ccn23)C1. The Hall–Kier alpha value is -3.32. The molecular weight excluding hydrogens is 484 g/mol. The zero-order chi connectivity index (χ0) is 25.3. The highest BCUT2D eigenvalue weighted by atomic mass is 32.2. The summed E-state index contributed by atoms with van der Waals surface area (Å²) in [5, 5.41) is 2.74. The van der Waals surface area contributed by atoms with Gasteiger partial charge in [0.15, 0.2) is 11.6 Å². The summed E-state index contributed by atoms with van der Waals surface area (Å²) in [7, 11) is -2.50. The number of allylic oxidation sites excluding steroid dienone is 3. The number of carbonyl (C=O) groups is 1. The summed E-state index contributed by atoms with van der Waals surface area (Å²) in [4.78, 5) is 18.0. The molecule has 0 saturated carbocycles. The Morgan fingerprint density at radius 3 is 2.86 bits per heavy atom. The number of methoxy groups -OCH3 is 1. The highest BCUT2D eigenvalue weighted by Crippen LogP contribution is 2.30. The lowest BCUT2D eigenvalue weighted by Crippen LogP contribution is -2.46. The molecule has 13 heteroatoms. The van der Waals surface area contributed by atoms with Crippen LogP contribution >= 0.6 is 0 Å². The number of ether oxygens (including phenoxy) is 2. The van der Waals surface area contributed by atoms with E-state index in [9.17, 15) is 22.0 Å². The third-order valence-corrected chi connectivity index (χ3v) is 6.11. The van der Waals surface area contributed by atoms with Gasteiger partial charge < -0.3 is 24.1 Å². The van der Waals surface area contributed by atoms with Crippen LogP contribution in [0.4, 0.5) is 19.4 Å². The van der Waals surface area contributed by atoms with Crippen LogP contribution in [0.2, 0.25) is 0 Å². The minimum Gasteiger partial charge on any atom is -0.453 e. The van der Waals surface area contributed by atoms with Crippen molar-refractivity contribution in [1.82, 2.24) is 14.3 Å². The van der Waals surface area contributed by atoms with Crippen LogP contribution in [0.3, 0.4) is 0 Å². The van der Waals surface area contributed by atoms with E-state index in [-0.39, 0.29) is 18.1 Å². The number of sulfonamides is 1. The molecule has 10 nitrogen and oxygen atoms in total. The lowest BCUT2D eigenvalue weighted by molar-refractivity contribution is -0.0241. The minimum absolute atomic E-state index is 0.214. The number of imidazole rings is 1. The van der Waals surface area contributed by atoms with E-state index in [0.717, 1.165) is 17.9 Å². The molecule has 1 amide bonds. The Kier molecular flexibility index (Phi) is 6.90. The highest BCUT2D eigenvalue weighted by molar-refractivity contribution is 7.89. The summed E-state index contributed by atoms with van der Waals surface area (Å²) in [5.41, 5.74) is 1.42. The van der Waals surface area contributed by atoms with Gasteiger partial charge in [0.05, 0.1) is 44.0 Å². The van der Waals surface area contributed by atoms with E-state index in [0.29, 0.717) is 30.9 Å². The van der Waals surface area contributed by atoms with Crippen LogP contribution in [0.15, 0.2) is 46.2 Å². The minimum atomic E-state index is -3.80. The summed E-state index contributed by atoms with van der Waals surface area (Å²) < 4.78 is 68.2. The molecule has 3 heterocycles. The van der Waals surface area contributed by atoms with Crippen LogP contribution in [-0.4, -0.2) is 73.7 Å². The number of carbonyl (C=O) groups excluding carboxylic acids is 1. The van der Waals surface area contributed by atoms with E-state index in [4.69, 9.17) is 9.47 Å². The number of aryl methyl sites for hydroxylation is 1. The van der Waals surface area contributed by atoms with Gasteiger partial charge in [0.2, 0.25) is 10.0 Å². The second-order valence-electron chi connectivity index (χ2n) is 8.34. The standard InChI is InChI=1S/C22H25F2N5O5S/c1-13-4-5-29-18(11-15-12-28(6-7-34-15)22(30)33-2)21(25-19(29)8-13)26-20-16(23)9-14(10-17(20)24)27-35(3,31)32/h4-5,8-9,15,26H,6-7,10-12H2,1-3H3/t15-/m0/s1. The number of pyridine rings is 1. The molecule has 1 saturated heterocycles. The van der Waals surface area contributed by atoms with Crippen molar-refractivity contribution in [3.8, 4) is 0 Å². The number of morpholine rings is 1.